The van der Waals surface area contributed by atoms with E-state index in [1.165, 1.54) is 4.90 Å². The third kappa shape index (κ3) is 3.97. The number of halogens is 2. The van der Waals surface area contributed by atoms with E-state index in [2.05, 4.69) is 0 Å². The molecular formula is C13H8Cl2NO3S2-. The predicted octanol–water partition coefficient (Wildman–Crippen LogP) is 2.33. The molecule has 1 aliphatic rings. The molecule has 0 aliphatic carbocycles. The van der Waals surface area contributed by atoms with Crippen LogP contribution in [-0.2, 0) is 9.59 Å². The van der Waals surface area contributed by atoms with Crippen LogP contribution in [0.5, 0.6) is 0 Å². The first-order chi connectivity index (χ1) is 9.88. The number of carboxylic acid groups (broad SMARTS) is 1. The summed E-state index contributed by atoms with van der Waals surface area (Å²) in [6.07, 6.45) is 1.35. The molecule has 0 spiro atoms. The number of hydrogen-bond donors (Lipinski definition) is 0. The molecule has 4 nitrogen and oxygen atoms in total. The van der Waals surface area contributed by atoms with Crippen molar-refractivity contribution in [2.24, 2.45) is 0 Å². The second kappa shape index (κ2) is 6.79. The fourth-order valence-electron chi connectivity index (χ4n) is 1.66. The molecular weight excluding hydrogens is 353 g/mol. The van der Waals surface area contributed by atoms with E-state index in [0.29, 0.717) is 24.8 Å². The predicted molar refractivity (Wildman–Crippen MR) is 86.0 cm³/mol. The van der Waals surface area contributed by atoms with E-state index in [4.69, 9.17) is 35.4 Å². The third-order valence-electron chi connectivity index (χ3n) is 2.66. The van der Waals surface area contributed by atoms with E-state index in [-0.39, 0.29) is 18.9 Å². The van der Waals surface area contributed by atoms with Gasteiger partial charge in [0.05, 0.1) is 4.91 Å². The van der Waals surface area contributed by atoms with E-state index in [1.54, 1.807) is 24.3 Å². The van der Waals surface area contributed by atoms with Crippen molar-refractivity contribution in [3.8, 4) is 0 Å². The average molecular weight is 361 g/mol. The summed E-state index contributed by atoms with van der Waals surface area (Å²) in [5.74, 6) is -1.56. The lowest BCUT2D eigenvalue weighted by Gasteiger charge is -2.14. The molecule has 1 amide bonds. The van der Waals surface area contributed by atoms with Gasteiger partial charge in [-0.25, -0.2) is 0 Å². The highest BCUT2D eigenvalue weighted by atomic mass is 35.5. The number of amides is 1. The maximum atomic E-state index is 12.2. The molecule has 1 aliphatic heterocycles. The molecule has 1 aromatic rings. The van der Waals surface area contributed by atoms with Crippen molar-refractivity contribution in [1.29, 1.82) is 0 Å². The second-order valence-electron chi connectivity index (χ2n) is 4.12. The summed E-state index contributed by atoms with van der Waals surface area (Å²) >= 11 is 18.0. The van der Waals surface area contributed by atoms with Gasteiger partial charge in [0.25, 0.3) is 5.91 Å². The van der Waals surface area contributed by atoms with Gasteiger partial charge in [-0.1, -0.05) is 53.2 Å². The fraction of sp³-hybridized carbons (Fsp3) is 0.154. The maximum absolute atomic E-state index is 12.2. The molecule has 0 saturated carbocycles. The van der Waals surface area contributed by atoms with Crippen molar-refractivity contribution in [2.45, 2.75) is 6.42 Å². The summed E-state index contributed by atoms with van der Waals surface area (Å²) < 4.78 is 0.317. The summed E-state index contributed by atoms with van der Waals surface area (Å²) in [6, 6.07) is 4.93. The van der Waals surface area contributed by atoms with Crippen molar-refractivity contribution in [2.75, 3.05) is 6.54 Å². The minimum Gasteiger partial charge on any atom is -0.550 e. The van der Waals surface area contributed by atoms with Crippen LogP contribution >= 0.6 is 47.2 Å². The Morgan fingerprint density at radius 1 is 1.43 bits per heavy atom. The zero-order valence-corrected chi connectivity index (χ0v) is 13.6. The standard InChI is InChI=1S/C13H9Cl2NO3S2/c14-8-2-1-7(9(15)6-8)5-10-12(19)16(13(20)21-10)4-3-11(17)18/h1-2,5-6H,3-4H2,(H,17,18)/p-1. The van der Waals surface area contributed by atoms with Crippen LogP contribution in [0.4, 0.5) is 0 Å². The molecule has 0 atom stereocenters. The van der Waals surface area contributed by atoms with Crippen LogP contribution in [0.3, 0.4) is 0 Å². The highest BCUT2D eigenvalue weighted by Crippen LogP contribution is 2.34. The van der Waals surface area contributed by atoms with E-state index in [1.807, 2.05) is 0 Å². The summed E-state index contributed by atoms with van der Waals surface area (Å²) in [6.45, 7) is -0.00130. The van der Waals surface area contributed by atoms with Crippen molar-refractivity contribution < 1.29 is 14.7 Å². The normalized spacial score (nSPS) is 16.9. The molecule has 21 heavy (non-hydrogen) atoms. The average Bonchev–Trinajstić information content (AvgIpc) is 2.65. The molecule has 0 N–H and O–H groups in total. The van der Waals surface area contributed by atoms with Crippen LogP contribution in [0.15, 0.2) is 23.1 Å². The molecule has 0 radical (unpaired) electrons. The van der Waals surface area contributed by atoms with E-state index < -0.39 is 5.97 Å². The molecule has 0 aromatic heterocycles. The lowest BCUT2D eigenvalue weighted by Crippen LogP contribution is -2.33. The number of rotatable bonds is 4. The number of thiocarbonyl (C=S) groups is 1. The Morgan fingerprint density at radius 3 is 2.76 bits per heavy atom. The van der Waals surface area contributed by atoms with E-state index in [0.717, 1.165) is 11.8 Å². The van der Waals surface area contributed by atoms with Crippen molar-refractivity contribution >= 4 is 69.5 Å². The minimum atomic E-state index is -1.23. The van der Waals surface area contributed by atoms with Gasteiger partial charge in [-0.2, -0.15) is 0 Å². The molecule has 0 unspecified atom stereocenters. The molecule has 110 valence electrons. The van der Waals surface area contributed by atoms with Crippen LogP contribution in [0.1, 0.15) is 12.0 Å². The van der Waals surface area contributed by atoms with Crippen LogP contribution in [-0.4, -0.2) is 27.6 Å². The Bertz CT molecular complexity index is 661. The first kappa shape index (κ1) is 16.3. The molecule has 8 heteroatoms. The first-order valence-electron chi connectivity index (χ1n) is 5.79. The van der Waals surface area contributed by atoms with Gasteiger partial charge in [0.2, 0.25) is 0 Å². The Morgan fingerprint density at radius 2 is 2.14 bits per heavy atom. The molecule has 1 aromatic carbocycles. The second-order valence-corrected chi connectivity index (χ2v) is 6.64. The quantitative estimate of drug-likeness (QED) is 0.609. The number of hydrogen-bond acceptors (Lipinski definition) is 5. The van der Waals surface area contributed by atoms with Gasteiger partial charge in [-0.3, -0.25) is 9.69 Å². The largest absolute Gasteiger partial charge is 0.550 e. The SMILES string of the molecule is O=C([O-])CCN1C(=O)C(=Cc2ccc(Cl)cc2Cl)SC1=S. The highest BCUT2D eigenvalue weighted by molar-refractivity contribution is 8.26. The van der Waals surface area contributed by atoms with Gasteiger partial charge >= 0.3 is 0 Å². The Balaban J connectivity index is 2.21. The molecule has 1 saturated heterocycles. The van der Waals surface area contributed by atoms with Gasteiger partial charge in [-0.15, -0.1) is 0 Å². The molecule has 1 heterocycles. The lowest BCUT2D eigenvalue weighted by molar-refractivity contribution is -0.305. The van der Waals surface area contributed by atoms with Crippen LogP contribution in [0, 0.1) is 0 Å². The van der Waals surface area contributed by atoms with Crippen molar-refractivity contribution in [1.82, 2.24) is 4.90 Å². The number of nitrogens with zero attached hydrogens (tertiary/aromatic N) is 1. The Labute approximate surface area is 140 Å². The van der Waals surface area contributed by atoms with Crippen molar-refractivity contribution in [3.05, 3.63) is 38.7 Å². The highest BCUT2D eigenvalue weighted by Gasteiger charge is 2.31. The van der Waals surface area contributed by atoms with Gasteiger partial charge in [0.15, 0.2) is 0 Å². The molecule has 0 bridgehead atoms. The minimum absolute atomic E-state index is 0.00130. The maximum Gasteiger partial charge on any atom is 0.266 e. The van der Waals surface area contributed by atoms with E-state index in [9.17, 15) is 14.7 Å². The molecule has 2 rings (SSSR count). The topological polar surface area (TPSA) is 60.4 Å². The van der Waals surface area contributed by atoms with Gasteiger partial charge in [-0.05, 0) is 23.8 Å². The van der Waals surface area contributed by atoms with Crippen LogP contribution < -0.4 is 5.11 Å². The zero-order chi connectivity index (χ0) is 15.6. The number of carbonyl (C=O) groups is 2. The number of thioether (sulfide) groups is 1. The van der Waals surface area contributed by atoms with Crippen LogP contribution in [0.2, 0.25) is 10.0 Å². The Kier molecular flexibility index (Phi) is 5.27. The molecule has 1 fully saturated rings. The monoisotopic (exact) mass is 360 g/mol. The summed E-state index contributed by atoms with van der Waals surface area (Å²) in [5, 5.41) is 11.4. The zero-order valence-electron chi connectivity index (χ0n) is 10.5. The van der Waals surface area contributed by atoms with Crippen molar-refractivity contribution in [3.63, 3.8) is 0 Å². The van der Waals surface area contributed by atoms with Gasteiger partial charge in [0.1, 0.15) is 4.32 Å². The smallest absolute Gasteiger partial charge is 0.266 e. The third-order valence-corrected chi connectivity index (χ3v) is 4.60. The number of carboxylic acids is 1. The number of benzene rings is 1. The van der Waals surface area contributed by atoms with Gasteiger partial charge < -0.3 is 9.90 Å². The number of aliphatic carboxylic acids is 1. The summed E-state index contributed by atoms with van der Waals surface area (Å²) in [5.41, 5.74) is 0.640. The lowest BCUT2D eigenvalue weighted by atomic mass is 10.2. The van der Waals surface area contributed by atoms with Crippen LogP contribution in [0.25, 0.3) is 6.08 Å². The summed E-state index contributed by atoms with van der Waals surface area (Å²) in [4.78, 5) is 24.3. The number of carbonyl (C=O) groups excluding carboxylic acids is 2. The fourth-order valence-corrected chi connectivity index (χ4v) is 3.42. The Hall–Kier alpha value is -1.08. The summed E-state index contributed by atoms with van der Waals surface area (Å²) in [7, 11) is 0. The first-order valence-corrected chi connectivity index (χ1v) is 7.77. The van der Waals surface area contributed by atoms with Gasteiger partial charge in [0, 0.05) is 29.0 Å². The van der Waals surface area contributed by atoms with E-state index >= 15 is 0 Å².